The van der Waals surface area contributed by atoms with E-state index < -0.39 is 0 Å². The van der Waals surface area contributed by atoms with Gasteiger partial charge in [-0.05, 0) is 101 Å². The third-order valence-corrected chi connectivity index (χ3v) is 7.76. The predicted molar refractivity (Wildman–Crippen MR) is 143 cm³/mol. The van der Waals surface area contributed by atoms with Crippen LogP contribution in [0.4, 0.5) is 34.1 Å². The van der Waals surface area contributed by atoms with Crippen LogP contribution in [0, 0.1) is 34.6 Å². The van der Waals surface area contributed by atoms with Crippen molar-refractivity contribution in [2.24, 2.45) is 0 Å². The lowest BCUT2D eigenvalue weighted by molar-refractivity contribution is 0.724. The predicted octanol–water partition coefficient (Wildman–Crippen LogP) is 7.10. The van der Waals surface area contributed by atoms with Gasteiger partial charge in [0.1, 0.15) is 12.3 Å². The summed E-state index contributed by atoms with van der Waals surface area (Å²) in [5, 5.41) is 0. The maximum Gasteiger partial charge on any atom is 0.103 e. The fraction of sp³-hybridized carbons (Fsp3) is 0.379. The Labute approximate surface area is 199 Å². The van der Waals surface area contributed by atoms with Gasteiger partial charge in [0.15, 0.2) is 0 Å². The molecule has 0 bridgehead atoms. The van der Waals surface area contributed by atoms with E-state index >= 15 is 0 Å². The van der Waals surface area contributed by atoms with Crippen LogP contribution in [0.15, 0.2) is 42.5 Å². The summed E-state index contributed by atoms with van der Waals surface area (Å²) in [5.74, 6) is 0. The van der Waals surface area contributed by atoms with E-state index in [2.05, 4.69) is 125 Å². The van der Waals surface area contributed by atoms with Gasteiger partial charge in [0, 0.05) is 25.5 Å². The van der Waals surface area contributed by atoms with E-state index in [1.807, 2.05) is 0 Å². The Kier molecular flexibility index (Phi) is 4.89. The van der Waals surface area contributed by atoms with Gasteiger partial charge in [0.2, 0.25) is 0 Å². The average Bonchev–Trinajstić information content (AvgIpc) is 3.14. The number of aryl methyl sites for hydroxylation is 4. The summed E-state index contributed by atoms with van der Waals surface area (Å²) < 4.78 is 0. The number of benzene rings is 3. The van der Waals surface area contributed by atoms with Gasteiger partial charge in [-0.3, -0.25) is 0 Å². The smallest absolute Gasteiger partial charge is 0.103 e. The summed E-state index contributed by atoms with van der Waals surface area (Å²) in [7, 11) is 4.42. The third kappa shape index (κ3) is 3.03. The number of fused-ring (bicyclic) bond motifs is 2. The van der Waals surface area contributed by atoms with Crippen LogP contribution in [0.5, 0.6) is 0 Å². The van der Waals surface area contributed by atoms with Gasteiger partial charge in [0.05, 0.1) is 22.7 Å². The monoisotopic (exact) mass is 440 g/mol. The van der Waals surface area contributed by atoms with Crippen LogP contribution in [0.3, 0.4) is 0 Å². The topological polar surface area (TPSA) is 13.0 Å². The third-order valence-electron chi connectivity index (χ3n) is 7.76. The van der Waals surface area contributed by atoms with Gasteiger partial charge < -0.3 is 19.6 Å². The molecule has 0 amide bonds. The highest BCUT2D eigenvalue weighted by atomic mass is 15.4. The van der Waals surface area contributed by atoms with Gasteiger partial charge in [0.25, 0.3) is 0 Å². The lowest BCUT2D eigenvalue weighted by Gasteiger charge is -2.33. The van der Waals surface area contributed by atoms with Crippen LogP contribution >= 0.6 is 0 Å². The molecule has 33 heavy (non-hydrogen) atoms. The fourth-order valence-electron chi connectivity index (χ4n) is 5.94. The molecule has 0 radical (unpaired) electrons. The maximum atomic E-state index is 2.52. The van der Waals surface area contributed by atoms with E-state index in [9.17, 15) is 0 Å². The Hall–Kier alpha value is -3.14. The van der Waals surface area contributed by atoms with Crippen LogP contribution in [-0.4, -0.2) is 26.4 Å². The molecular weight excluding hydrogens is 404 g/mol. The van der Waals surface area contributed by atoms with Gasteiger partial charge >= 0.3 is 0 Å². The molecule has 3 aromatic rings. The van der Waals surface area contributed by atoms with Crippen LogP contribution in [-0.2, 0) is 0 Å². The zero-order valence-corrected chi connectivity index (χ0v) is 21.5. The normalized spacial score (nSPS) is 19.4. The molecule has 2 atom stereocenters. The van der Waals surface area contributed by atoms with Crippen molar-refractivity contribution in [1.82, 2.24) is 0 Å². The summed E-state index contributed by atoms with van der Waals surface area (Å²) >= 11 is 0. The molecule has 3 aromatic carbocycles. The molecule has 0 fully saturated rings. The fourth-order valence-corrected chi connectivity index (χ4v) is 5.94. The van der Waals surface area contributed by atoms with Crippen LogP contribution in [0.25, 0.3) is 0 Å². The van der Waals surface area contributed by atoms with Crippen LogP contribution < -0.4 is 19.6 Å². The summed E-state index contributed by atoms with van der Waals surface area (Å²) in [5.41, 5.74) is 14.5. The van der Waals surface area contributed by atoms with Crippen molar-refractivity contribution < 1.29 is 0 Å². The van der Waals surface area contributed by atoms with Crippen molar-refractivity contribution in [3.05, 3.63) is 70.3 Å². The molecule has 172 valence electrons. The van der Waals surface area contributed by atoms with E-state index in [0.717, 1.165) is 0 Å². The molecule has 0 saturated heterocycles. The summed E-state index contributed by atoms with van der Waals surface area (Å²) in [6.45, 7) is 15.7. The number of anilines is 6. The molecule has 0 aromatic heterocycles. The van der Waals surface area contributed by atoms with E-state index in [1.165, 1.54) is 61.9 Å². The van der Waals surface area contributed by atoms with Gasteiger partial charge in [-0.25, -0.2) is 0 Å². The molecule has 2 aliphatic heterocycles. The minimum Gasteiger partial charge on any atom is -0.352 e. The Morgan fingerprint density at radius 3 is 1.36 bits per heavy atom. The molecule has 0 saturated carbocycles. The molecule has 2 aliphatic rings. The van der Waals surface area contributed by atoms with E-state index in [-0.39, 0.29) is 12.3 Å². The lowest BCUT2D eigenvalue weighted by Crippen LogP contribution is -2.37. The Bertz CT molecular complexity index is 1170. The zero-order valence-electron chi connectivity index (χ0n) is 21.5. The number of hydrogen-bond donors (Lipinski definition) is 0. The summed E-state index contributed by atoms with van der Waals surface area (Å²) in [6.07, 6.45) is 0.509. The molecule has 0 spiro atoms. The molecule has 5 rings (SSSR count). The molecular formula is C29H36N4. The van der Waals surface area contributed by atoms with Crippen molar-refractivity contribution in [2.75, 3.05) is 33.7 Å². The number of hydrogen-bond acceptors (Lipinski definition) is 4. The first-order chi connectivity index (χ1) is 15.6. The molecule has 0 unspecified atom stereocenters. The first kappa shape index (κ1) is 21.7. The Balaban J connectivity index is 1.68. The van der Waals surface area contributed by atoms with Crippen molar-refractivity contribution in [3.8, 4) is 0 Å². The van der Waals surface area contributed by atoms with Gasteiger partial charge in [-0.2, -0.15) is 0 Å². The van der Waals surface area contributed by atoms with Crippen molar-refractivity contribution in [1.29, 1.82) is 0 Å². The molecule has 0 N–H and O–H groups in total. The van der Waals surface area contributed by atoms with Crippen molar-refractivity contribution in [3.63, 3.8) is 0 Å². The number of rotatable bonds is 2. The first-order valence-electron chi connectivity index (χ1n) is 12.0. The Morgan fingerprint density at radius 2 is 0.970 bits per heavy atom. The highest BCUT2D eigenvalue weighted by Gasteiger charge is 2.37. The van der Waals surface area contributed by atoms with E-state index in [4.69, 9.17) is 0 Å². The van der Waals surface area contributed by atoms with E-state index in [0.29, 0.717) is 0 Å². The van der Waals surface area contributed by atoms with Gasteiger partial charge in [-0.1, -0.05) is 18.2 Å². The second kappa shape index (κ2) is 7.44. The van der Waals surface area contributed by atoms with E-state index in [1.54, 1.807) is 0 Å². The average molecular weight is 441 g/mol. The second-order valence-electron chi connectivity index (χ2n) is 10.0. The van der Waals surface area contributed by atoms with Gasteiger partial charge in [-0.15, -0.1) is 0 Å². The lowest BCUT2D eigenvalue weighted by atomic mass is 10.0. The SMILES string of the molecule is Cc1cc(C)c2c(c1)N(C)[C@@H](C)N2c1cccc(N2c3c(C)cc(C)cc3N(C)[C@@H]2C)c1C. The van der Waals surface area contributed by atoms with Crippen molar-refractivity contribution in [2.45, 2.75) is 60.8 Å². The van der Waals surface area contributed by atoms with Crippen LogP contribution in [0.2, 0.25) is 0 Å². The Morgan fingerprint density at radius 1 is 0.576 bits per heavy atom. The summed E-state index contributed by atoms with van der Waals surface area (Å²) in [6, 6.07) is 16.0. The largest absolute Gasteiger partial charge is 0.352 e. The molecule has 0 aliphatic carbocycles. The minimum atomic E-state index is 0.254. The number of nitrogens with zero attached hydrogens (tertiary/aromatic N) is 4. The second-order valence-corrected chi connectivity index (χ2v) is 10.0. The van der Waals surface area contributed by atoms with Crippen LogP contribution in [0.1, 0.15) is 41.7 Å². The molecule has 4 heteroatoms. The standard InChI is InChI=1S/C29H36N4/c1-17-13-19(3)28-26(15-17)30(8)22(6)32(28)24-11-10-12-25(21(24)5)33-23(7)31(9)27-16-18(2)14-20(4)29(27)33/h10-16,22-23H,1-9H3/t22-,23+. The summed E-state index contributed by atoms with van der Waals surface area (Å²) in [4.78, 5) is 9.85. The zero-order chi connectivity index (χ0) is 23.8. The molecule has 2 heterocycles. The quantitative estimate of drug-likeness (QED) is 0.421. The highest BCUT2D eigenvalue weighted by Crippen LogP contribution is 2.51. The molecule has 4 nitrogen and oxygen atoms in total. The maximum absolute atomic E-state index is 2.52. The minimum absolute atomic E-state index is 0.254. The highest BCUT2D eigenvalue weighted by molar-refractivity contribution is 5.91. The van der Waals surface area contributed by atoms with Crippen molar-refractivity contribution >= 4 is 34.1 Å². The first-order valence-corrected chi connectivity index (χ1v) is 12.0.